The van der Waals surface area contributed by atoms with E-state index in [9.17, 15) is 9.18 Å². The van der Waals surface area contributed by atoms with Crippen LogP contribution in [0.5, 0.6) is 0 Å². The third kappa shape index (κ3) is 3.32. The molecule has 2 N–H and O–H groups in total. The molecule has 0 aliphatic rings. The maximum Gasteiger partial charge on any atom is 0.328 e. The Bertz CT molecular complexity index is 675. The Balaban J connectivity index is 1.95. The van der Waals surface area contributed by atoms with Crippen LogP contribution in [0.3, 0.4) is 0 Å². The summed E-state index contributed by atoms with van der Waals surface area (Å²) in [6.45, 7) is -0.353. The van der Waals surface area contributed by atoms with E-state index in [4.69, 9.17) is 15.7 Å². The molecule has 0 amide bonds. The summed E-state index contributed by atoms with van der Waals surface area (Å²) in [6.07, 6.45) is 2.89. The van der Waals surface area contributed by atoms with Crippen LogP contribution in [0.25, 0.3) is 0 Å². The number of nitriles is 1. The molecule has 0 saturated carbocycles. The SMILES string of the molecule is N#Cc1ccc(F)c(COC(=O)Cn2cc(N)cn2)c1. The zero-order valence-corrected chi connectivity index (χ0v) is 10.4. The fraction of sp³-hybridized carbons (Fsp3) is 0.154. The Labute approximate surface area is 114 Å². The van der Waals surface area contributed by atoms with Gasteiger partial charge in [-0.3, -0.25) is 9.48 Å². The van der Waals surface area contributed by atoms with Crippen molar-refractivity contribution >= 4 is 11.7 Å². The van der Waals surface area contributed by atoms with Crippen LogP contribution in [0.4, 0.5) is 10.1 Å². The number of rotatable bonds is 4. The van der Waals surface area contributed by atoms with Gasteiger partial charge in [0.05, 0.1) is 23.5 Å². The smallest absolute Gasteiger partial charge is 0.328 e. The lowest BCUT2D eigenvalue weighted by molar-refractivity contribution is -0.145. The minimum atomic E-state index is -0.574. The number of esters is 1. The highest BCUT2D eigenvalue weighted by molar-refractivity contribution is 5.69. The first kappa shape index (κ1) is 13.5. The first-order valence-electron chi connectivity index (χ1n) is 5.70. The van der Waals surface area contributed by atoms with Gasteiger partial charge in [0.15, 0.2) is 0 Å². The molecule has 2 rings (SSSR count). The summed E-state index contributed by atoms with van der Waals surface area (Å²) < 4.78 is 19.7. The van der Waals surface area contributed by atoms with E-state index in [-0.39, 0.29) is 18.7 Å². The van der Waals surface area contributed by atoms with Crippen LogP contribution < -0.4 is 5.73 Å². The number of carbonyl (C=O) groups excluding carboxylic acids is 1. The summed E-state index contributed by atoms with van der Waals surface area (Å²) in [7, 11) is 0. The number of ether oxygens (including phenoxy) is 1. The van der Waals surface area contributed by atoms with Crippen LogP contribution >= 0.6 is 0 Å². The average Bonchev–Trinajstić information content (AvgIpc) is 2.83. The van der Waals surface area contributed by atoms with Crippen molar-refractivity contribution in [2.75, 3.05) is 5.73 Å². The molecule has 2 aromatic rings. The van der Waals surface area contributed by atoms with Crippen LogP contribution in [0.2, 0.25) is 0 Å². The van der Waals surface area contributed by atoms with E-state index < -0.39 is 11.8 Å². The van der Waals surface area contributed by atoms with Gasteiger partial charge in [0, 0.05) is 11.8 Å². The predicted molar refractivity (Wildman–Crippen MR) is 67.6 cm³/mol. The Hall–Kier alpha value is -2.88. The molecule has 0 fully saturated rings. The second-order valence-electron chi connectivity index (χ2n) is 4.05. The molecule has 0 aliphatic heterocycles. The first-order valence-corrected chi connectivity index (χ1v) is 5.70. The maximum absolute atomic E-state index is 13.5. The van der Waals surface area contributed by atoms with Crippen LogP contribution in [-0.4, -0.2) is 15.7 Å². The Kier molecular flexibility index (Phi) is 3.96. The summed E-state index contributed by atoms with van der Waals surface area (Å²) in [5.41, 5.74) is 6.34. The minimum Gasteiger partial charge on any atom is -0.459 e. The molecule has 0 unspecified atom stereocenters. The largest absolute Gasteiger partial charge is 0.459 e. The summed E-state index contributed by atoms with van der Waals surface area (Å²) >= 11 is 0. The summed E-state index contributed by atoms with van der Waals surface area (Å²) in [4.78, 5) is 11.5. The van der Waals surface area contributed by atoms with Gasteiger partial charge in [0.2, 0.25) is 0 Å². The lowest BCUT2D eigenvalue weighted by Gasteiger charge is -2.06. The molecule has 20 heavy (non-hydrogen) atoms. The number of carbonyl (C=O) groups is 1. The van der Waals surface area contributed by atoms with Crippen LogP contribution in [0.1, 0.15) is 11.1 Å². The van der Waals surface area contributed by atoms with Gasteiger partial charge < -0.3 is 10.5 Å². The standard InChI is InChI=1S/C13H11FN4O2/c14-12-2-1-9(4-15)3-10(12)8-20-13(19)7-18-6-11(16)5-17-18/h1-3,5-6H,7-8,16H2. The van der Waals surface area contributed by atoms with Gasteiger partial charge >= 0.3 is 5.97 Å². The molecule has 1 heterocycles. The van der Waals surface area contributed by atoms with Gasteiger partial charge in [-0.15, -0.1) is 0 Å². The molecule has 0 aliphatic carbocycles. The molecule has 0 bridgehead atoms. The van der Waals surface area contributed by atoms with Crippen molar-refractivity contribution in [3.8, 4) is 6.07 Å². The first-order chi connectivity index (χ1) is 9.58. The maximum atomic E-state index is 13.5. The van der Waals surface area contributed by atoms with E-state index >= 15 is 0 Å². The molecule has 6 nitrogen and oxygen atoms in total. The molecule has 0 spiro atoms. The van der Waals surface area contributed by atoms with E-state index in [0.717, 1.165) is 6.07 Å². The number of aromatic nitrogens is 2. The lowest BCUT2D eigenvalue weighted by Crippen LogP contribution is -2.14. The second kappa shape index (κ2) is 5.84. The number of nitrogen functional groups attached to an aromatic ring is 1. The Morgan fingerprint density at radius 1 is 1.55 bits per heavy atom. The monoisotopic (exact) mass is 274 g/mol. The van der Waals surface area contributed by atoms with Gasteiger partial charge in [-0.05, 0) is 18.2 Å². The van der Waals surface area contributed by atoms with Gasteiger partial charge in [0.1, 0.15) is 19.0 Å². The number of halogens is 1. The number of anilines is 1. The van der Waals surface area contributed by atoms with E-state index in [0.29, 0.717) is 11.3 Å². The number of hydrogen-bond donors (Lipinski definition) is 1. The van der Waals surface area contributed by atoms with Crippen molar-refractivity contribution in [2.24, 2.45) is 0 Å². The summed E-state index contributed by atoms with van der Waals surface area (Å²) in [5, 5.41) is 12.6. The van der Waals surface area contributed by atoms with Crippen molar-refractivity contribution in [1.82, 2.24) is 9.78 Å². The third-order valence-corrected chi connectivity index (χ3v) is 2.51. The van der Waals surface area contributed by atoms with Gasteiger partial charge in [-0.1, -0.05) is 0 Å². The zero-order chi connectivity index (χ0) is 14.5. The van der Waals surface area contributed by atoms with Crippen molar-refractivity contribution in [3.63, 3.8) is 0 Å². The van der Waals surface area contributed by atoms with E-state index in [1.807, 2.05) is 6.07 Å². The highest BCUT2D eigenvalue weighted by Crippen LogP contribution is 2.11. The number of nitrogens with two attached hydrogens (primary N) is 1. The topological polar surface area (TPSA) is 93.9 Å². The van der Waals surface area contributed by atoms with Gasteiger partial charge in [-0.25, -0.2) is 4.39 Å². The van der Waals surface area contributed by atoms with Crippen molar-refractivity contribution in [2.45, 2.75) is 13.2 Å². The number of nitrogens with zero attached hydrogens (tertiary/aromatic N) is 3. The summed E-state index contributed by atoms with van der Waals surface area (Å²) in [6, 6.07) is 5.75. The molecule has 1 aromatic carbocycles. The molecule has 102 valence electrons. The van der Waals surface area contributed by atoms with Gasteiger partial charge in [-0.2, -0.15) is 10.4 Å². The molecule has 1 aromatic heterocycles. The minimum absolute atomic E-state index is 0.114. The van der Waals surface area contributed by atoms with E-state index in [2.05, 4.69) is 5.10 Å². The number of benzene rings is 1. The predicted octanol–water partition coefficient (Wildman–Crippen LogP) is 1.22. The van der Waals surface area contributed by atoms with E-state index in [1.165, 1.54) is 29.2 Å². The molecule has 0 radical (unpaired) electrons. The number of hydrogen-bond acceptors (Lipinski definition) is 5. The highest BCUT2D eigenvalue weighted by atomic mass is 19.1. The van der Waals surface area contributed by atoms with Crippen LogP contribution in [0, 0.1) is 17.1 Å². The highest BCUT2D eigenvalue weighted by Gasteiger charge is 2.09. The normalized spacial score (nSPS) is 10.0. The molecular formula is C13H11FN4O2. The van der Waals surface area contributed by atoms with Crippen LogP contribution in [0.15, 0.2) is 30.6 Å². The van der Waals surface area contributed by atoms with Crippen LogP contribution in [-0.2, 0) is 22.7 Å². The fourth-order valence-electron chi connectivity index (χ4n) is 1.56. The third-order valence-electron chi connectivity index (χ3n) is 2.51. The summed E-state index contributed by atoms with van der Waals surface area (Å²) in [5.74, 6) is -1.10. The zero-order valence-electron chi connectivity index (χ0n) is 10.4. The average molecular weight is 274 g/mol. The molecule has 0 saturated heterocycles. The molecule has 0 atom stereocenters. The second-order valence-corrected chi connectivity index (χ2v) is 4.05. The van der Waals surface area contributed by atoms with Crippen molar-refractivity contribution in [3.05, 3.63) is 47.5 Å². The van der Waals surface area contributed by atoms with Crippen molar-refractivity contribution < 1.29 is 13.9 Å². The lowest BCUT2D eigenvalue weighted by atomic mass is 10.1. The quantitative estimate of drug-likeness (QED) is 0.846. The Morgan fingerprint density at radius 3 is 3.00 bits per heavy atom. The van der Waals surface area contributed by atoms with Crippen molar-refractivity contribution in [1.29, 1.82) is 5.26 Å². The molecule has 7 heteroatoms. The molecular weight excluding hydrogens is 263 g/mol. The van der Waals surface area contributed by atoms with E-state index in [1.54, 1.807) is 0 Å². The van der Waals surface area contributed by atoms with Gasteiger partial charge in [0.25, 0.3) is 0 Å². The fourth-order valence-corrected chi connectivity index (χ4v) is 1.56. The Morgan fingerprint density at radius 2 is 2.35 bits per heavy atom.